The van der Waals surface area contributed by atoms with E-state index >= 15 is 0 Å². The number of rotatable bonds is 4. The van der Waals surface area contributed by atoms with Crippen LogP contribution in [0.25, 0.3) is 11.1 Å². The number of ether oxygens (including phenoxy) is 1. The van der Waals surface area contributed by atoms with E-state index in [1.165, 1.54) is 12.1 Å². The van der Waals surface area contributed by atoms with Crippen LogP contribution in [0.5, 0.6) is 0 Å². The number of morpholine rings is 1. The van der Waals surface area contributed by atoms with E-state index in [4.69, 9.17) is 4.74 Å². The molecule has 1 atom stereocenters. The molecule has 0 spiro atoms. The molecule has 1 aliphatic rings. The molecule has 2 aromatic carbocycles. The molecule has 3 aromatic rings. The summed E-state index contributed by atoms with van der Waals surface area (Å²) in [5.41, 5.74) is 2.59. The van der Waals surface area contributed by atoms with Gasteiger partial charge in [0.2, 0.25) is 5.95 Å². The van der Waals surface area contributed by atoms with Gasteiger partial charge in [-0.3, -0.25) is 9.78 Å². The zero-order valence-electron chi connectivity index (χ0n) is 15.7. The van der Waals surface area contributed by atoms with E-state index in [1.54, 1.807) is 6.07 Å². The average Bonchev–Trinajstić information content (AvgIpc) is 2.74. The Morgan fingerprint density at radius 2 is 1.86 bits per heavy atom. The average molecular weight is 379 g/mol. The summed E-state index contributed by atoms with van der Waals surface area (Å²) in [5, 5.41) is 0. The van der Waals surface area contributed by atoms with Gasteiger partial charge in [-0.2, -0.15) is 0 Å². The number of halogens is 1. The van der Waals surface area contributed by atoms with Crippen LogP contribution in [0.2, 0.25) is 0 Å². The second kappa shape index (κ2) is 7.94. The van der Waals surface area contributed by atoms with Crippen molar-refractivity contribution in [3.63, 3.8) is 0 Å². The van der Waals surface area contributed by atoms with Gasteiger partial charge in [-0.25, -0.2) is 9.37 Å². The van der Waals surface area contributed by atoms with Gasteiger partial charge in [0, 0.05) is 30.6 Å². The highest BCUT2D eigenvalue weighted by atomic mass is 19.1. The van der Waals surface area contributed by atoms with E-state index in [-0.39, 0.29) is 17.3 Å². The lowest BCUT2D eigenvalue weighted by atomic mass is 9.94. The second-order valence-corrected chi connectivity index (χ2v) is 6.92. The van der Waals surface area contributed by atoms with Crippen LogP contribution in [0.4, 0.5) is 10.3 Å². The lowest BCUT2D eigenvalue weighted by Gasteiger charge is -2.27. The number of aromatic nitrogens is 2. The molecule has 1 aliphatic heterocycles. The molecular weight excluding hydrogens is 357 g/mol. The van der Waals surface area contributed by atoms with Crippen molar-refractivity contribution in [2.24, 2.45) is 0 Å². The van der Waals surface area contributed by atoms with Gasteiger partial charge < -0.3 is 9.64 Å². The number of H-pyrrole nitrogens is 1. The maximum Gasteiger partial charge on any atom is 0.252 e. The number of aromatic amines is 1. The zero-order valence-corrected chi connectivity index (χ0v) is 15.7. The summed E-state index contributed by atoms with van der Waals surface area (Å²) in [6, 6.07) is 16.1. The van der Waals surface area contributed by atoms with Crippen molar-refractivity contribution in [2.45, 2.75) is 12.8 Å². The van der Waals surface area contributed by atoms with Gasteiger partial charge in [0.1, 0.15) is 5.82 Å². The van der Waals surface area contributed by atoms with E-state index in [1.807, 2.05) is 48.2 Å². The van der Waals surface area contributed by atoms with Crippen molar-refractivity contribution in [1.29, 1.82) is 0 Å². The van der Waals surface area contributed by atoms with Crippen molar-refractivity contribution < 1.29 is 9.13 Å². The highest BCUT2D eigenvalue weighted by Crippen LogP contribution is 2.28. The summed E-state index contributed by atoms with van der Waals surface area (Å²) in [6.07, 6.45) is 0. The third-order valence-electron chi connectivity index (χ3n) is 5.08. The van der Waals surface area contributed by atoms with E-state index in [0.717, 1.165) is 11.1 Å². The summed E-state index contributed by atoms with van der Waals surface area (Å²) in [4.78, 5) is 21.6. The Labute approximate surface area is 162 Å². The summed E-state index contributed by atoms with van der Waals surface area (Å²) in [7, 11) is 0. The first-order chi connectivity index (χ1) is 13.6. The molecule has 0 aliphatic carbocycles. The fraction of sp³-hybridized carbons (Fsp3) is 0.273. The number of benzene rings is 2. The summed E-state index contributed by atoms with van der Waals surface area (Å²) < 4.78 is 20.1. The van der Waals surface area contributed by atoms with Crippen molar-refractivity contribution in [1.82, 2.24) is 9.97 Å². The Hall–Kier alpha value is -2.99. The molecule has 0 amide bonds. The fourth-order valence-corrected chi connectivity index (χ4v) is 3.43. The lowest BCUT2D eigenvalue weighted by Crippen LogP contribution is -2.38. The molecule has 1 fully saturated rings. The van der Waals surface area contributed by atoms with Crippen LogP contribution in [0.1, 0.15) is 24.1 Å². The van der Waals surface area contributed by atoms with Crippen LogP contribution in [0, 0.1) is 5.82 Å². The van der Waals surface area contributed by atoms with Crippen molar-refractivity contribution in [3.8, 4) is 11.1 Å². The Bertz CT molecular complexity index is 1010. The Morgan fingerprint density at radius 3 is 2.57 bits per heavy atom. The second-order valence-electron chi connectivity index (χ2n) is 6.92. The first-order valence-corrected chi connectivity index (χ1v) is 9.40. The summed E-state index contributed by atoms with van der Waals surface area (Å²) in [5.74, 6) is 0.0502. The minimum Gasteiger partial charge on any atom is -0.378 e. The van der Waals surface area contributed by atoms with Crippen LogP contribution >= 0.6 is 0 Å². The summed E-state index contributed by atoms with van der Waals surface area (Å²) >= 11 is 0. The minimum atomic E-state index is -0.284. The predicted octanol–water partition coefficient (Wildman–Crippen LogP) is 3.56. The fourth-order valence-electron chi connectivity index (χ4n) is 3.43. The van der Waals surface area contributed by atoms with Crippen molar-refractivity contribution in [3.05, 3.63) is 82.0 Å². The van der Waals surface area contributed by atoms with Gasteiger partial charge in [-0.15, -0.1) is 0 Å². The van der Waals surface area contributed by atoms with Gasteiger partial charge >= 0.3 is 0 Å². The zero-order chi connectivity index (χ0) is 19.5. The Morgan fingerprint density at radius 1 is 1.11 bits per heavy atom. The van der Waals surface area contributed by atoms with Gasteiger partial charge in [-0.1, -0.05) is 49.4 Å². The molecule has 0 saturated carbocycles. The molecule has 28 heavy (non-hydrogen) atoms. The Kier molecular flexibility index (Phi) is 5.21. The normalized spacial score (nSPS) is 15.4. The van der Waals surface area contributed by atoms with Gasteiger partial charge in [0.25, 0.3) is 5.56 Å². The van der Waals surface area contributed by atoms with Crippen molar-refractivity contribution >= 4 is 5.95 Å². The van der Waals surface area contributed by atoms with Crippen LogP contribution < -0.4 is 10.5 Å². The molecule has 2 heterocycles. The lowest BCUT2D eigenvalue weighted by molar-refractivity contribution is 0.122. The maximum absolute atomic E-state index is 14.8. The van der Waals surface area contributed by atoms with Gasteiger partial charge in [0.05, 0.1) is 18.9 Å². The first kappa shape index (κ1) is 18.4. The number of nitrogens with zero attached hydrogens (tertiary/aromatic N) is 2. The molecule has 1 saturated heterocycles. The summed E-state index contributed by atoms with van der Waals surface area (Å²) in [6.45, 7) is 4.51. The topological polar surface area (TPSA) is 58.2 Å². The molecule has 144 valence electrons. The van der Waals surface area contributed by atoms with Crippen LogP contribution in [-0.4, -0.2) is 36.3 Å². The molecule has 0 radical (unpaired) electrons. The monoisotopic (exact) mass is 379 g/mol. The smallest absolute Gasteiger partial charge is 0.252 e. The SMILES string of the molecule is C[C@@H](c1ccc(-c2ccccc2)c(F)c1)c1cc(=O)[nH]c(N2CCOCC2)n1. The van der Waals surface area contributed by atoms with Gasteiger partial charge in [-0.05, 0) is 17.2 Å². The molecule has 6 heteroatoms. The number of anilines is 1. The Balaban J connectivity index is 1.64. The molecular formula is C22H22FN3O2. The van der Waals surface area contributed by atoms with Crippen LogP contribution in [0.3, 0.4) is 0 Å². The van der Waals surface area contributed by atoms with Crippen molar-refractivity contribution in [2.75, 3.05) is 31.2 Å². The number of hydrogen-bond donors (Lipinski definition) is 1. The first-order valence-electron chi connectivity index (χ1n) is 9.40. The van der Waals surface area contributed by atoms with E-state index < -0.39 is 0 Å². The third kappa shape index (κ3) is 3.82. The van der Waals surface area contributed by atoms with E-state index in [9.17, 15) is 9.18 Å². The quantitative estimate of drug-likeness (QED) is 0.753. The molecule has 1 N–H and O–H groups in total. The third-order valence-corrected chi connectivity index (χ3v) is 5.08. The number of nitrogens with one attached hydrogen (secondary N) is 1. The molecule has 0 bridgehead atoms. The van der Waals surface area contributed by atoms with Gasteiger partial charge in [0.15, 0.2) is 0 Å². The molecule has 4 rings (SSSR count). The molecule has 5 nitrogen and oxygen atoms in total. The maximum atomic E-state index is 14.8. The predicted molar refractivity (Wildman–Crippen MR) is 107 cm³/mol. The van der Waals surface area contributed by atoms with E-state index in [0.29, 0.717) is 43.5 Å². The largest absolute Gasteiger partial charge is 0.378 e. The standard InChI is InChI=1S/C22H22FN3O2/c1-15(17-7-8-18(19(23)13-17)16-5-3-2-4-6-16)20-14-21(27)25-22(24-20)26-9-11-28-12-10-26/h2-8,13-15H,9-12H2,1H3,(H,24,25,27)/t15-/m0/s1. The van der Waals surface area contributed by atoms with Crippen LogP contribution in [-0.2, 0) is 4.74 Å². The molecule has 1 aromatic heterocycles. The highest BCUT2D eigenvalue weighted by Gasteiger charge is 2.18. The van der Waals surface area contributed by atoms with E-state index in [2.05, 4.69) is 9.97 Å². The molecule has 0 unspecified atom stereocenters. The highest BCUT2D eigenvalue weighted by molar-refractivity contribution is 5.64. The van der Waals surface area contributed by atoms with Crippen LogP contribution in [0.15, 0.2) is 59.4 Å². The minimum absolute atomic E-state index is 0.207. The number of hydrogen-bond acceptors (Lipinski definition) is 4.